The molecular formula is C24H35N10OS+. The Balaban J connectivity index is 1.61. The topological polar surface area (TPSA) is 196 Å². The number of hydrogen-bond donors (Lipinski definition) is 8. The molecule has 0 unspecified atom stereocenters. The molecule has 36 heavy (non-hydrogen) atoms. The molecule has 0 saturated heterocycles. The van der Waals surface area contributed by atoms with E-state index in [9.17, 15) is 4.79 Å². The van der Waals surface area contributed by atoms with E-state index < -0.39 is 0 Å². The molecule has 0 atom stereocenters. The second kappa shape index (κ2) is 15.7. The van der Waals surface area contributed by atoms with Crippen LogP contribution in [0, 0.1) is 0 Å². The number of aliphatic imine (C=N–C) groups is 2. The average molecular weight is 512 g/mol. The molecule has 0 fully saturated rings. The zero-order valence-electron chi connectivity index (χ0n) is 20.2. The maximum atomic E-state index is 12.5. The number of carbonyl (C=O) groups excluding carboxylic acids is 1. The Labute approximate surface area is 216 Å². The molecule has 12 N–H and O–H groups in total. The number of nitrogens with zero attached hydrogens (tertiary/aromatic N) is 2. The van der Waals surface area contributed by atoms with Gasteiger partial charge in [-0.25, -0.2) is 10.3 Å². The van der Waals surface area contributed by atoms with Gasteiger partial charge in [0.2, 0.25) is 0 Å². The highest BCUT2D eigenvalue weighted by atomic mass is 32.1. The molecule has 0 aliphatic carbocycles. The fourth-order valence-corrected chi connectivity index (χ4v) is 3.16. The smallest absolute Gasteiger partial charge is 0.348 e. The van der Waals surface area contributed by atoms with E-state index in [4.69, 9.17) is 35.2 Å². The van der Waals surface area contributed by atoms with Crippen LogP contribution in [0.4, 0.5) is 0 Å². The van der Waals surface area contributed by atoms with E-state index in [0.717, 1.165) is 12.0 Å². The third kappa shape index (κ3) is 11.3. The van der Waals surface area contributed by atoms with Gasteiger partial charge in [-0.3, -0.25) is 20.5 Å². The molecule has 0 radical (unpaired) electrons. The van der Waals surface area contributed by atoms with E-state index in [-0.39, 0.29) is 17.7 Å². The summed E-state index contributed by atoms with van der Waals surface area (Å²) in [6.07, 6.45) is 1.45. The molecular weight excluding hydrogens is 476 g/mol. The van der Waals surface area contributed by atoms with Crippen LogP contribution < -0.4 is 43.9 Å². The van der Waals surface area contributed by atoms with Gasteiger partial charge in [0.15, 0.2) is 16.9 Å². The van der Waals surface area contributed by atoms with Crippen molar-refractivity contribution < 1.29 is 9.79 Å². The molecule has 0 heterocycles. The predicted molar refractivity (Wildman–Crippen MR) is 148 cm³/mol. The van der Waals surface area contributed by atoms with Crippen molar-refractivity contribution in [3.63, 3.8) is 0 Å². The van der Waals surface area contributed by atoms with Gasteiger partial charge in [-0.1, -0.05) is 54.6 Å². The number of hydrogen-bond acceptors (Lipinski definition) is 4. The van der Waals surface area contributed by atoms with Gasteiger partial charge in [-0.2, -0.15) is 0 Å². The molecule has 2 rings (SSSR count). The Hall–Kier alpha value is -4.19. The lowest BCUT2D eigenvalue weighted by Gasteiger charge is -2.10. The highest BCUT2D eigenvalue weighted by Crippen LogP contribution is 2.11. The fraction of sp³-hybridized carbons (Fsp3) is 0.292. The van der Waals surface area contributed by atoms with E-state index in [2.05, 4.69) is 30.9 Å². The maximum Gasteiger partial charge on any atom is 0.348 e. The molecule has 0 saturated carbocycles. The van der Waals surface area contributed by atoms with Gasteiger partial charge in [-0.15, -0.1) is 0 Å². The van der Waals surface area contributed by atoms with Gasteiger partial charge in [0, 0.05) is 37.3 Å². The Bertz CT molecular complexity index is 1060. The summed E-state index contributed by atoms with van der Waals surface area (Å²) in [5.74, 6) is 0.589. The monoisotopic (exact) mass is 511 g/mol. The molecule has 11 nitrogen and oxygen atoms in total. The number of carbonyl (C=O) groups is 1. The second-order valence-corrected chi connectivity index (χ2v) is 8.16. The number of nitrogens with one attached hydrogen (secondary N) is 4. The van der Waals surface area contributed by atoms with Crippen LogP contribution in [0.5, 0.6) is 0 Å². The van der Waals surface area contributed by atoms with Gasteiger partial charge in [0.1, 0.15) is 0 Å². The first-order valence-electron chi connectivity index (χ1n) is 11.5. The molecule has 0 bridgehead atoms. The summed E-state index contributed by atoms with van der Waals surface area (Å²) in [7, 11) is 0. The van der Waals surface area contributed by atoms with E-state index in [0.29, 0.717) is 61.3 Å². The lowest BCUT2D eigenvalue weighted by atomic mass is 10.0. The normalized spacial score (nSPS) is 11.4. The Kier molecular flexibility index (Phi) is 12.2. The van der Waals surface area contributed by atoms with Gasteiger partial charge < -0.3 is 27.8 Å². The van der Waals surface area contributed by atoms with E-state index in [1.807, 2.05) is 54.6 Å². The van der Waals surface area contributed by atoms with Crippen molar-refractivity contribution in [2.75, 3.05) is 26.2 Å². The molecule has 12 heteroatoms. The number of guanidine groups is 3. The number of ketones is 1. The van der Waals surface area contributed by atoms with Gasteiger partial charge >= 0.3 is 5.96 Å². The summed E-state index contributed by atoms with van der Waals surface area (Å²) >= 11 is 5.32. The van der Waals surface area contributed by atoms with Crippen LogP contribution >= 0.6 is 12.2 Å². The Morgan fingerprint density at radius 1 is 0.861 bits per heavy atom. The SMILES string of the molecule is NC(N)=NCCCN=C(N)NC(N)=[NH+]CCCNC(=S)NCc1ccc(C(=O)c2ccccc2)cc1. The van der Waals surface area contributed by atoms with Crippen molar-refractivity contribution in [3.05, 3.63) is 71.3 Å². The van der Waals surface area contributed by atoms with Gasteiger partial charge in [-0.05, 0) is 30.6 Å². The lowest BCUT2D eigenvalue weighted by molar-refractivity contribution is -0.460. The number of nitrogens with two attached hydrogens (primary N) is 4. The molecule has 192 valence electrons. The summed E-state index contributed by atoms with van der Waals surface area (Å²) < 4.78 is 0. The lowest BCUT2D eigenvalue weighted by Crippen LogP contribution is -2.79. The predicted octanol–water partition coefficient (Wildman–Crippen LogP) is -1.77. The molecule has 2 aromatic carbocycles. The van der Waals surface area contributed by atoms with Crippen molar-refractivity contribution in [3.8, 4) is 0 Å². The van der Waals surface area contributed by atoms with Crippen LogP contribution in [-0.2, 0) is 6.54 Å². The Morgan fingerprint density at radius 2 is 1.53 bits per heavy atom. The zero-order valence-corrected chi connectivity index (χ0v) is 21.0. The maximum absolute atomic E-state index is 12.5. The minimum atomic E-state index is 0.00322. The van der Waals surface area contributed by atoms with Crippen molar-refractivity contribution in [2.45, 2.75) is 19.4 Å². The van der Waals surface area contributed by atoms with Crippen molar-refractivity contribution in [1.82, 2.24) is 16.0 Å². The van der Waals surface area contributed by atoms with Crippen molar-refractivity contribution in [2.24, 2.45) is 32.9 Å². The fourth-order valence-electron chi connectivity index (χ4n) is 2.99. The quantitative estimate of drug-likeness (QED) is 0.0535. The van der Waals surface area contributed by atoms with E-state index >= 15 is 0 Å². The van der Waals surface area contributed by atoms with Crippen LogP contribution in [0.25, 0.3) is 0 Å². The first-order chi connectivity index (χ1) is 17.3. The molecule has 0 aliphatic rings. The van der Waals surface area contributed by atoms with Crippen LogP contribution in [-0.4, -0.2) is 55.0 Å². The third-order valence-electron chi connectivity index (χ3n) is 4.82. The summed E-state index contributed by atoms with van der Waals surface area (Å²) in [6.45, 7) is 2.79. The van der Waals surface area contributed by atoms with E-state index in [1.54, 1.807) is 0 Å². The van der Waals surface area contributed by atoms with Gasteiger partial charge in [0.25, 0.3) is 5.96 Å². The first kappa shape index (κ1) is 28.1. The van der Waals surface area contributed by atoms with Crippen LogP contribution in [0.1, 0.15) is 34.3 Å². The standard InChI is InChI=1S/C24H34N10OS/c25-21(26)29-12-4-13-30-22(27)34-23(28)31-14-5-15-32-24(36)33-16-17-8-10-19(11-9-17)20(35)18-6-2-1-3-7-18/h1-3,6-11H,4-5,12-16H2,(H4,25,26,29)(H2,32,33,36)(H5,27,28,30,31,34)/p+1. The first-order valence-corrected chi connectivity index (χ1v) is 11.9. The minimum Gasteiger partial charge on any atom is -0.370 e. The zero-order chi connectivity index (χ0) is 26.2. The molecule has 0 amide bonds. The summed E-state index contributed by atoms with van der Waals surface area (Å²) in [4.78, 5) is 23.5. The minimum absolute atomic E-state index is 0.00322. The molecule has 0 spiro atoms. The number of rotatable bonds is 12. The summed E-state index contributed by atoms with van der Waals surface area (Å²) in [5, 5.41) is 9.64. The molecule has 2 aromatic rings. The van der Waals surface area contributed by atoms with Crippen LogP contribution in [0.2, 0.25) is 0 Å². The largest absolute Gasteiger partial charge is 0.370 e. The van der Waals surface area contributed by atoms with Crippen molar-refractivity contribution in [1.29, 1.82) is 0 Å². The Morgan fingerprint density at radius 3 is 2.22 bits per heavy atom. The highest BCUT2D eigenvalue weighted by molar-refractivity contribution is 7.80. The van der Waals surface area contributed by atoms with Crippen LogP contribution in [0.3, 0.4) is 0 Å². The molecule has 0 aromatic heterocycles. The number of thiocarbonyl (C=S) groups is 1. The number of benzene rings is 2. The highest BCUT2D eigenvalue weighted by Gasteiger charge is 2.08. The second-order valence-electron chi connectivity index (χ2n) is 7.75. The molecule has 0 aliphatic heterocycles. The van der Waals surface area contributed by atoms with E-state index in [1.165, 1.54) is 0 Å². The third-order valence-corrected chi connectivity index (χ3v) is 5.10. The van der Waals surface area contributed by atoms with Crippen molar-refractivity contribution >= 4 is 41.0 Å². The average Bonchev–Trinajstić information content (AvgIpc) is 2.87. The van der Waals surface area contributed by atoms with Gasteiger partial charge in [0.05, 0.1) is 6.54 Å². The van der Waals surface area contributed by atoms with Crippen LogP contribution in [0.15, 0.2) is 64.6 Å². The summed E-state index contributed by atoms with van der Waals surface area (Å²) in [5.41, 5.74) is 24.5. The summed E-state index contributed by atoms with van der Waals surface area (Å²) in [6, 6.07) is 16.7.